The Balaban J connectivity index is 2.12. The molecule has 19 heavy (non-hydrogen) atoms. The second kappa shape index (κ2) is 5.72. The molecule has 1 aromatic carbocycles. The molecular weight excluding hydrogens is 241 g/mol. The van der Waals surface area contributed by atoms with Crippen LogP contribution in [0.5, 0.6) is 0 Å². The lowest BCUT2D eigenvalue weighted by Crippen LogP contribution is -2.39. The minimum absolute atomic E-state index is 0.194. The number of nitrogens with zero attached hydrogens (tertiary/aromatic N) is 1. The van der Waals surface area contributed by atoms with Gasteiger partial charge in [0, 0.05) is 13.1 Å². The SMILES string of the molecule is Cc1ccc(F)c(C(=O)N(C)C2CCC(C)CC2)c1. The number of benzene rings is 1. The molecule has 1 aliphatic carbocycles. The molecule has 2 nitrogen and oxygen atoms in total. The van der Waals surface area contributed by atoms with Crippen molar-refractivity contribution < 1.29 is 9.18 Å². The van der Waals surface area contributed by atoms with Crippen molar-refractivity contribution in [2.45, 2.75) is 45.6 Å². The summed E-state index contributed by atoms with van der Waals surface area (Å²) in [4.78, 5) is 14.1. The summed E-state index contributed by atoms with van der Waals surface area (Å²) in [6, 6.07) is 4.96. The van der Waals surface area contributed by atoms with E-state index in [-0.39, 0.29) is 17.5 Å². The van der Waals surface area contributed by atoms with E-state index in [0.29, 0.717) is 0 Å². The summed E-state index contributed by atoms with van der Waals surface area (Å²) < 4.78 is 13.8. The van der Waals surface area contributed by atoms with Gasteiger partial charge in [-0.25, -0.2) is 4.39 Å². The lowest BCUT2D eigenvalue weighted by Gasteiger charge is -2.33. The van der Waals surface area contributed by atoms with Crippen molar-refractivity contribution in [1.82, 2.24) is 4.90 Å². The van der Waals surface area contributed by atoms with Crippen LogP contribution in [0, 0.1) is 18.7 Å². The molecule has 2 rings (SSSR count). The van der Waals surface area contributed by atoms with E-state index in [1.807, 2.05) is 6.92 Å². The molecule has 1 fully saturated rings. The molecule has 0 bridgehead atoms. The molecule has 0 spiro atoms. The molecule has 0 N–H and O–H groups in total. The lowest BCUT2D eigenvalue weighted by molar-refractivity contribution is 0.0674. The van der Waals surface area contributed by atoms with Crippen LogP contribution in [0.2, 0.25) is 0 Å². The molecule has 0 heterocycles. The molecule has 1 amide bonds. The molecule has 0 atom stereocenters. The van der Waals surface area contributed by atoms with Crippen molar-refractivity contribution in [1.29, 1.82) is 0 Å². The van der Waals surface area contributed by atoms with Crippen molar-refractivity contribution in [3.05, 3.63) is 35.1 Å². The maximum atomic E-state index is 13.8. The first-order valence-electron chi connectivity index (χ1n) is 7.02. The van der Waals surface area contributed by atoms with Gasteiger partial charge in [-0.05, 0) is 50.7 Å². The van der Waals surface area contributed by atoms with Crippen LogP contribution in [-0.4, -0.2) is 23.9 Å². The first-order valence-corrected chi connectivity index (χ1v) is 7.02. The summed E-state index contributed by atoms with van der Waals surface area (Å²) in [5.74, 6) is 0.128. The van der Waals surface area contributed by atoms with Crippen molar-refractivity contribution in [3.8, 4) is 0 Å². The number of hydrogen-bond acceptors (Lipinski definition) is 1. The van der Waals surface area contributed by atoms with E-state index in [1.165, 1.54) is 6.07 Å². The van der Waals surface area contributed by atoms with Gasteiger partial charge in [0.05, 0.1) is 5.56 Å². The summed E-state index contributed by atoms with van der Waals surface area (Å²) >= 11 is 0. The highest BCUT2D eigenvalue weighted by Gasteiger charge is 2.26. The summed E-state index contributed by atoms with van der Waals surface area (Å²) in [5, 5.41) is 0. The van der Waals surface area contributed by atoms with Gasteiger partial charge in [-0.1, -0.05) is 18.6 Å². The highest BCUT2D eigenvalue weighted by Crippen LogP contribution is 2.27. The Kier molecular flexibility index (Phi) is 4.23. The molecular formula is C16H22FNO. The van der Waals surface area contributed by atoms with Gasteiger partial charge >= 0.3 is 0 Å². The lowest BCUT2D eigenvalue weighted by atomic mass is 9.86. The number of hydrogen-bond donors (Lipinski definition) is 0. The Morgan fingerprint density at radius 1 is 1.26 bits per heavy atom. The highest BCUT2D eigenvalue weighted by molar-refractivity contribution is 5.94. The maximum absolute atomic E-state index is 13.8. The zero-order chi connectivity index (χ0) is 14.0. The molecule has 1 aromatic rings. The Morgan fingerprint density at radius 3 is 2.53 bits per heavy atom. The molecule has 0 aliphatic heterocycles. The Labute approximate surface area is 114 Å². The normalized spacial score (nSPS) is 23.2. The number of halogens is 1. The Bertz CT molecular complexity index is 464. The van der Waals surface area contributed by atoms with Crippen molar-refractivity contribution >= 4 is 5.91 Å². The molecule has 0 radical (unpaired) electrons. The standard InChI is InChI=1S/C16H22FNO/c1-11-4-7-13(8-5-11)18(3)16(19)14-10-12(2)6-9-15(14)17/h6,9-11,13H,4-5,7-8H2,1-3H3. The fourth-order valence-electron chi connectivity index (χ4n) is 2.79. The monoisotopic (exact) mass is 263 g/mol. The van der Waals surface area contributed by atoms with Crippen molar-refractivity contribution in [2.24, 2.45) is 5.92 Å². The van der Waals surface area contributed by atoms with Crippen LogP contribution >= 0.6 is 0 Å². The Hall–Kier alpha value is -1.38. The number of rotatable bonds is 2. The predicted octanol–water partition coefficient (Wildman–Crippen LogP) is 3.78. The zero-order valence-electron chi connectivity index (χ0n) is 11.9. The third-order valence-corrected chi connectivity index (χ3v) is 4.21. The van der Waals surface area contributed by atoms with E-state index < -0.39 is 5.82 Å². The molecule has 0 aromatic heterocycles. The first kappa shape index (κ1) is 14.0. The van der Waals surface area contributed by atoms with E-state index in [2.05, 4.69) is 6.92 Å². The summed E-state index contributed by atoms with van der Waals surface area (Å²) in [6.45, 7) is 4.12. The second-order valence-corrected chi connectivity index (χ2v) is 5.81. The van der Waals surface area contributed by atoms with Gasteiger partial charge in [0.1, 0.15) is 5.82 Å². The molecule has 3 heteroatoms. The van der Waals surface area contributed by atoms with Crippen LogP contribution in [0.3, 0.4) is 0 Å². The summed E-state index contributed by atoms with van der Waals surface area (Å²) in [5.41, 5.74) is 1.11. The van der Waals surface area contributed by atoms with E-state index in [0.717, 1.165) is 37.2 Å². The predicted molar refractivity (Wildman–Crippen MR) is 74.7 cm³/mol. The van der Waals surface area contributed by atoms with Crippen LogP contribution in [0.1, 0.15) is 48.5 Å². The van der Waals surface area contributed by atoms with Gasteiger partial charge in [-0.2, -0.15) is 0 Å². The summed E-state index contributed by atoms with van der Waals surface area (Å²) in [6.07, 6.45) is 4.35. The third-order valence-electron chi connectivity index (χ3n) is 4.21. The van der Waals surface area contributed by atoms with Crippen molar-refractivity contribution in [2.75, 3.05) is 7.05 Å². The van der Waals surface area contributed by atoms with Gasteiger partial charge < -0.3 is 4.90 Å². The molecule has 1 aliphatic rings. The van der Waals surface area contributed by atoms with Crippen LogP contribution < -0.4 is 0 Å². The average molecular weight is 263 g/mol. The number of carbonyl (C=O) groups is 1. The Morgan fingerprint density at radius 2 is 1.89 bits per heavy atom. The van der Waals surface area contributed by atoms with Gasteiger partial charge in [-0.15, -0.1) is 0 Å². The minimum atomic E-state index is -0.424. The second-order valence-electron chi connectivity index (χ2n) is 5.81. The molecule has 0 unspecified atom stereocenters. The maximum Gasteiger partial charge on any atom is 0.256 e. The van der Waals surface area contributed by atoms with Gasteiger partial charge in [0.15, 0.2) is 0 Å². The van der Waals surface area contributed by atoms with E-state index in [9.17, 15) is 9.18 Å². The summed E-state index contributed by atoms with van der Waals surface area (Å²) in [7, 11) is 1.80. The quantitative estimate of drug-likeness (QED) is 0.795. The van der Waals surface area contributed by atoms with Crippen LogP contribution in [0.15, 0.2) is 18.2 Å². The molecule has 104 valence electrons. The first-order chi connectivity index (χ1) is 8.99. The van der Waals surface area contributed by atoms with Gasteiger partial charge in [-0.3, -0.25) is 4.79 Å². The minimum Gasteiger partial charge on any atom is -0.339 e. The number of amides is 1. The number of carbonyl (C=O) groups excluding carboxylic acids is 1. The fraction of sp³-hybridized carbons (Fsp3) is 0.562. The van der Waals surface area contributed by atoms with E-state index >= 15 is 0 Å². The molecule has 0 saturated heterocycles. The van der Waals surface area contributed by atoms with Crippen LogP contribution in [0.25, 0.3) is 0 Å². The zero-order valence-corrected chi connectivity index (χ0v) is 11.9. The fourth-order valence-corrected chi connectivity index (χ4v) is 2.79. The average Bonchev–Trinajstić information content (AvgIpc) is 2.41. The van der Waals surface area contributed by atoms with Crippen LogP contribution in [-0.2, 0) is 0 Å². The topological polar surface area (TPSA) is 20.3 Å². The molecule has 1 saturated carbocycles. The van der Waals surface area contributed by atoms with Gasteiger partial charge in [0.2, 0.25) is 0 Å². The van der Waals surface area contributed by atoms with E-state index in [4.69, 9.17) is 0 Å². The smallest absolute Gasteiger partial charge is 0.256 e. The van der Waals surface area contributed by atoms with Gasteiger partial charge in [0.25, 0.3) is 5.91 Å². The third kappa shape index (κ3) is 3.14. The van der Waals surface area contributed by atoms with Crippen molar-refractivity contribution in [3.63, 3.8) is 0 Å². The van der Waals surface area contributed by atoms with Crippen LogP contribution in [0.4, 0.5) is 4.39 Å². The largest absolute Gasteiger partial charge is 0.339 e. The van der Waals surface area contributed by atoms with E-state index in [1.54, 1.807) is 24.1 Å². The highest BCUT2D eigenvalue weighted by atomic mass is 19.1. The number of aryl methyl sites for hydroxylation is 1.